The van der Waals surface area contributed by atoms with Crippen molar-refractivity contribution >= 4 is 17.6 Å². The Morgan fingerprint density at radius 2 is 2.00 bits per heavy atom. The summed E-state index contributed by atoms with van der Waals surface area (Å²) in [4.78, 5) is 26.9. The van der Waals surface area contributed by atoms with Gasteiger partial charge < -0.3 is 15.5 Å². The molecule has 0 aromatic carbocycles. The number of piperidine rings is 1. The summed E-state index contributed by atoms with van der Waals surface area (Å²) in [6, 6.07) is 0.296. The molecule has 1 aromatic rings. The van der Waals surface area contributed by atoms with Gasteiger partial charge in [0.1, 0.15) is 0 Å². The normalized spacial score (nSPS) is 21.4. The highest BCUT2D eigenvalue weighted by atomic mass is 16.2. The molecule has 2 aliphatic rings. The molecule has 1 aromatic heterocycles. The number of hydrogen-bond donors (Lipinski definition) is 2. The second kappa shape index (κ2) is 7.89. The highest BCUT2D eigenvalue weighted by Crippen LogP contribution is 2.22. The molecule has 0 bridgehead atoms. The molecule has 0 spiro atoms. The summed E-state index contributed by atoms with van der Waals surface area (Å²) in [5, 5.41) is 10.5. The maximum absolute atomic E-state index is 12.7. The molecule has 1 atom stereocenters. The predicted octanol–water partition coefficient (Wildman–Crippen LogP) is 2.29. The highest BCUT2D eigenvalue weighted by Gasteiger charge is 2.30. The maximum Gasteiger partial charge on any atom is 0.317 e. The van der Waals surface area contributed by atoms with Gasteiger partial charge in [-0.1, -0.05) is 19.8 Å². The fourth-order valence-corrected chi connectivity index (χ4v) is 3.85. The Morgan fingerprint density at radius 1 is 1.24 bits per heavy atom. The van der Waals surface area contributed by atoms with Crippen LogP contribution in [0.4, 0.5) is 10.5 Å². The molecule has 0 unspecified atom stereocenters. The Hall–Kier alpha value is -2.05. The van der Waals surface area contributed by atoms with Crippen LogP contribution < -0.4 is 10.6 Å². The molecule has 7 nitrogen and oxygen atoms in total. The van der Waals surface area contributed by atoms with Crippen molar-refractivity contribution < 1.29 is 9.59 Å². The quantitative estimate of drug-likeness (QED) is 0.877. The molecular weight excluding hydrogens is 318 g/mol. The molecular formula is C18H29N5O2. The molecule has 0 radical (unpaired) electrons. The van der Waals surface area contributed by atoms with Crippen molar-refractivity contribution in [1.29, 1.82) is 0 Å². The molecule has 2 heterocycles. The summed E-state index contributed by atoms with van der Waals surface area (Å²) >= 11 is 0. The zero-order valence-corrected chi connectivity index (χ0v) is 15.3. The summed E-state index contributed by atoms with van der Waals surface area (Å²) in [5.74, 6) is -0.172. The van der Waals surface area contributed by atoms with Crippen molar-refractivity contribution in [3.63, 3.8) is 0 Å². The van der Waals surface area contributed by atoms with E-state index in [0.717, 1.165) is 50.0 Å². The van der Waals surface area contributed by atoms with Crippen molar-refractivity contribution in [2.75, 3.05) is 18.4 Å². The van der Waals surface area contributed by atoms with Gasteiger partial charge in [-0.05, 0) is 32.1 Å². The van der Waals surface area contributed by atoms with Crippen molar-refractivity contribution in [1.82, 2.24) is 20.0 Å². The standard InChI is InChI=1S/C18H29N5O2/c1-3-15-16(12-22(2)21-15)20-17(24)13-7-6-10-23(11-13)18(25)19-14-8-4-5-9-14/h12-14H,3-11H2,1-2H3,(H,19,25)(H,20,24)/t13-/m1/s1. The number of amides is 3. The number of urea groups is 1. The second-order valence-corrected chi connectivity index (χ2v) is 7.22. The highest BCUT2D eigenvalue weighted by molar-refractivity contribution is 5.93. The van der Waals surface area contributed by atoms with Gasteiger partial charge in [0, 0.05) is 32.4 Å². The first-order valence-corrected chi connectivity index (χ1v) is 9.45. The van der Waals surface area contributed by atoms with Gasteiger partial charge >= 0.3 is 6.03 Å². The third-order valence-electron chi connectivity index (χ3n) is 5.26. The van der Waals surface area contributed by atoms with Crippen LogP contribution in [-0.2, 0) is 18.3 Å². The minimum Gasteiger partial charge on any atom is -0.335 e. The van der Waals surface area contributed by atoms with Crippen LogP contribution in [0.1, 0.15) is 51.1 Å². The lowest BCUT2D eigenvalue weighted by Gasteiger charge is -2.32. The zero-order chi connectivity index (χ0) is 17.8. The summed E-state index contributed by atoms with van der Waals surface area (Å²) in [6.45, 7) is 3.25. The predicted molar refractivity (Wildman–Crippen MR) is 96.3 cm³/mol. The number of carbonyl (C=O) groups excluding carboxylic acids is 2. The molecule has 3 rings (SSSR count). The Balaban J connectivity index is 1.56. The first-order chi connectivity index (χ1) is 12.1. The van der Waals surface area contributed by atoms with E-state index in [1.165, 1.54) is 12.8 Å². The summed E-state index contributed by atoms with van der Waals surface area (Å²) in [5.41, 5.74) is 1.67. The Labute approximate surface area is 149 Å². The first-order valence-electron chi connectivity index (χ1n) is 9.45. The largest absolute Gasteiger partial charge is 0.335 e. The van der Waals surface area contributed by atoms with Crippen molar-refractivity contribution in [2.24, 2.45) is 13.0 Å². The monoisotopic (exact) mass is 347 g/mol. The van der Waals surface area contributed by atoms with Gasteiger partial charge in [0.25, 0.3) is 0 Å². The molecule has 2 fully saturated rings. The fraction of sp³-hybridized carbons (Fsp3) is 0.722. The van der Waals surface area contributed by atoms with E-state index < -0.39 is 0 Å². The van der Waals surface area contributed by atoms with Gasteiger partial charge in [0.05, 0.1) is 17.3 Å². The number of nitrogens with one attached hydrogen (secondary N) is 2. The lowest BCUT2D eigenvalue weighted by molar-refractivity contribution is -0.121. The van der Waals surface area contributed by atoms with Crippen LogP contribution in [0.25, 0.3) is 0 Å². The average molecular weight is 347 g/mol. The number of hydrogen-bond acceptors (Lipinski definition) is 3. The average Bonchev–Trinajstić information content (AvgIpc) is 3.24. The summed E-state index contributed by atoms with van der Waals surface area (Å²) in [6.07, 6.45) is 8.84. The molecule has 138 valence electrons. The minimum absolute atomic E-state index is 0.0129. The fourth-order valence-electron chi connectivity index (χ4n) is 3.85. The number of aryl methyl sites for hydroxylation is 2. The van der Waals surface area contributed by atoms with Crippen LogP contribution in [0.15, 0.2) is 6.20 Å². The lowest BCUT2D eigenvalue weighted by Crippen LogP contribution is -2.49. The lowest BCUT2D eigenvalue weighted by atomic mass is 9.97. The van der Waals surface area contributed by atoms with Gasteiger partial charge in [-0.3, -0.25) is 9.48 Å². The van der Waals surface area contributed by atoms with Gasteiger partial charge in [0.15, 0.2) is 0 Å². The van der Waals surface area contributed by atoms with Crippen LogP contribution in [0.3, 0.4) is 0 Å². The van der Waals surface area contributed by atoms with Gasteiger partial charge in [-0.2, -0.15) is 5.10 Å². The third kappa shape index (κ3) is 4.32. The van der Waals surface area contributed by atoms with Gasteiger partial charge in [-0.25, -0.2) is 4.79 Å². The summed E-state index contributed by atoms with van der Waals surface area (Å²) in [7, 11) is 1.85. The van der Waals surface area contributed by atoms with E-state index >= 15 is 0 Å². The Bertz CT molecular complexity index is 621. The van der Waals surface area contributed by atoms with E-state index in [-0.39, 0.29) is 17.9 Å². The molecule has 1 aliphatic heterocycles. The molecule has 1 aliphatic carbocycles. The second-order valence-electron chi connectivity index (χ2n) is 7.22. The smallest absolute Gasteiger partial charge is 0.317 e. The van der Waals surface area contributed by atoms with E-state index in [1.54, 1.807) is 9.58 Å². The third-order valence-corrected chi connectivity index (χ3v) is 5.26. The van der Waals surface area contributed by atoms with E-state index in [1.807, 2.05) is 20.2 Å². The molecule has 7 heteroatoms. The molecule has 1 saturated heterocycles. The van der Waals surface area contributed by atoms with Crippen LogP contribution in [0.2, 0.25) is 0 Å². The number of carbonyl (C=O) groups is 2. The molecule has 3 amide bonds. The summed E-state index contributed by atoms with van der Waals surface area (Å²) < 4.78 is 1.72. The number of aromatic nitrogens is 2. The van der Waals surface area contributed by atoms with Gasteiger partial charge in [-0.15, -0.1) is 0 Å². The van der Waals surface area contributed by atoms with Crippen molar-refractivity contribution in [3.8, 4) is 0 Å². The van der Waals surface area contributed by atoms with E-state index in [0.29, 0.717) is 12.6 Å². The molecule has 25 heavy (non-hydrogen) atoms. The van der Waals surface area contributed by atoms with Gasteiger partial charge in [0.2, 0.25) is 5.91 Å². The van der Waals surface area contributed by atoms with E-state index in [4.69, 9.17) is 0 Å². The van der Waals surface area contributed by atoms with Crippen LogP contribution in [0.5, 0.6) is 0 Å². The zero-order valence-electron chi connectivity index (χ0n) is 15.3. The van der Waals surface area contributed by atoms with Crippen molar-refractivity contribution in [2.45, 2.75) is 57.9 Å². The number of nitrogens with zero attached hydrogens (tertiary/aromatic N) is 3. The van der Waals surface area contributed by atoms with E-state index in [9.17, 15) is 9.59 Å². The number of anilines is 1. The number of likely N-dealkylation sites (tertiary alicyclic amines) is 1. The van der Waals surface area contributed by atoms with Crippen molar-refractivity contribution in [3.05, 3.63) is 11.9 Å². The topological polar surface area (TPSA) is 79.3 Å². The minimum atomic E-state index is -0.159. The molecule has 2 N–H and O–H groups in total. The Kier molecular flexibility index (Phi) is 5.60. The van der Waals surface area contributed by atoms with Crippen LogP contribution in [-0.4, -0.2) is 45.8 Å². The SMILES string of the molecule is CCc1nn(C)cc1NC(=O)[C@@H]1CCCN(C(=O)NC2CCCC2)C1. The van der Waals surface area contributed by atoms with Crippen LogP contribution >= 0.6 is 0 Å². The first kappa shape index (κ1) is 17.8. The molecule has 1 saturated carbocycles. The van der Waals surface area contributed by atoms with Crippen LogP contribution in [0, 0.1) is 5.92 Å². The maximum atomic E-state index is 12.7. The number of rotatable bonds is 4. The van der Waals surface area contributed by atoms with E-state index in [2.05, 4.69) is 15.7 Å². The Morgan fingerprint density at radius 3 is 2.72 bits per heavy atom.